The standard InChI is InChI=1S/C13H14N2O/c1-3-4-7-15-12(16)6-5-11-8-10(2)9-14-13(11)15/h3,5-6,8-9H,1,4,7H2,2H3. The van der Waals surface area contributed by atoms with Crippen molar-refractivity contribution in [1.82, 2.24) is 9.55 Å². The van der Waals surface area contributed by atoms with E-state index in [0.29, 0.717) is 6.54 Å². The summed E-state index contributed by atoms with van der Waals surface area (Å²) in [6.45, 7) is 6.29. The molecule has 82 valence electrons. The van der Waals surface area contributed by atoms with Crippen LogP contribution >= 0.6 is 0 Å². The van der Waals surface area contributed by atoms with Gasteiger partial charge in [0.15, 0.2) is 0 Å². The Morgan fingerprint density at radius 2 is 2.31 bits per heavy atom. The summed E-state index contributed by atoms with van der Waals surface area (Å²) in [7, 11) is 0. The van der Waals surface area contributed by atoms with Gasteiger partial charge in [0.2, 0.25) is 0 Å². The van der Waals surface area contributed by atoms with Crippen LogP contribution in [0, 0.1) is 6.92 Å². The number of pyridine rings is 2. The van der Waals surface area contributed by atoms with Gasteiger partial charge in [-0.05, 0) is 31.0 Å². The largest absolute Gasteiger partial charge is 0.292 e. The molecule has 0 saturated heterocycles. The minimum Gasteiger partial charge on any atom is -0.292 e. The Morgan fingerprint density at radius 3 is 3.06 bits per heavy atom. The summed E-state index contributed by atoms with van der Waals surface area (Å²) < 4.78 is 1.69. The Hall–Kier alpha value is -1.90. The maximum atomic E-state index is 11.7. The lowest BCUT2D eigenvalue weighted by molar-refractivity contribution is 0.701. The molecule has 16 heavy (non-hydrogen) atoms. The lowest BCUT2D eigenvalue weighted by Gasteiger charge is -2.07. The first-order chi connectivity index (χ1) is 7.72. The van der Waals surface area contributed by atoms with Crippen molar-refractivity contribution in [3.8, 4) is 0 Å². The van der Waals surface area contributed by atoms with Gasteiger partial charge in [0.1, 0.15) is 5.65 Å². The van der Waals surface area contributed by atoms with Gasteiger partial charge in [-0.2, -0.15) is 0 Å². The quantitative estimate of drug-likeness (QED) is 0.735. The average molecular weight is 214 g/mol. The fraction of sp³-hybridized carbons (Fsp3) is 0.231. The lowest BCUT2D eigenvalue weighted by atomic mass is 10.2. The van der Waals surface area contributed by atoms with E-state index in [4.69, 9.17) is 0 Å². The number of aryl methyl sites for hydroxylation is 2. The summed E-state index contributed by atoms with van der Waals surface area (Å²) in [5.74, 6) is 0. The Kier molecular flexibility index (Phi) is 2.86. The van der Waals surface area contributed by atoms with Crippen LogP contribution in [0.15, 0.2) is 41.8 Å². The highest BCUT2D eigenvalue weighted by Crippen LogP contribution is 2.11. The van der Waals surface area contributed by atoms with Crippen molar-refractivity contribution in [2.24, 2.45) is 0 Å². The van der Waals surface area contributed by atoms with Gasteiger partial charge in [0.25, 0.3) is 5.56 Å². The molecule has 0 aliphatic carbocycles. The van der Waals surface area contributed by atoms with Gasteiger partial charge in [-0.1, -0.05) is 6.08 Å². The molecule has 0 amide bonds. The maximum Gasteiger partial charge on any atom is 0.252 e. The van der Waals surface area contributed by atoms with E-state index in [1.165, 1.54) is 0 Å². The number of hydrogen-bond acceptors (Lipinski definition) is 2. The van der Waals surface area contributed by atoms with Crippen molar-refractivity contribution in [1.29, 1.82) is 0 Å². The molecule has 2 heterocycles. The second kappa shape index (κ2) is 4.31. The van der Waals surface area contributed by atoms with Crippen molar-refractivity contribution in [3.05, 3.63) is 53.0 Å². The number of aromatic nitrogens is 2. The Bertz CT molecular complexity index is 584. The fourth-order valence-electron chi connectivity index (χ4n) is 1.72. The average Bonchev–Trinajstić information content (AvgIpc) is 2.28. The molecular weight excluding hydrogens is 200 g/mol. The molecule has 0 atom stereocenters. The van der Waals surface area contributed by atoms with Gasteiger partial charge in [-0.15, -0.1) is 6.58 Å². The van der Waals surface area contributed by atoms with E-state index in [1.54, 1.807) is 22.9 Å². The third-order valence-corrected chi connectivity index (χ3v) is 2.52. The zero-order valence-corrected chi connectivity index (χ0v) is 9.31. The lowest BCUT2D eigenvalue weighted by Crippen LogP contribution is -2.19. The summed E-state index contributed by atoms with van der Waals surface area (Å²) in [4.78, 5) is 16.0. The first-order valence-electron chi connectivity index (χ1n) is 5.29. The topological polar surface area (TPSA) is 34.9 Å². The zero-order valence-electron chi connectivity index (χ0n) is 9.31. The van der Waals surface area contributed by atoms with Gasteiger partial charge in [-0.25, -0.2) is 4.98 Å². The van der Waals surface area contributed by atoms with E-state index < -0.39 is 0 Å². The maximum absolute atomic E-state index is 11.7. The van der Waals surface area contributed by atoms with Crippen LogP contribution in [0.1, 0.15) is 12.0 Å². The molecule has 0 aromatic carbocycles. The monoisotopic (exact) mass is 214 g/mol. The van der Waals surface area contributed by atoms with Crippen LogP contribution in [0.2, 0.25) is 0 Å². The summed E-state index contributed by atoms with van der Waals surface area (Å²) in [6, 6.07) is 5.45. The number of fused-ring (bicyclic) bond motifs is 1. The van der Waals surface area contributed by atoms with Crippen LogP contribution in [0.3, 0.4) is 0 Å². The molecule has 2 aromatic rings. The minimum absolute atomic E-state index is 0.00861. The number of rotatable bonds is 3. The fourth-order valence-corrected chi connectivity index (χ4v) is 1.72. The predicted octanol–water partition coefficient (Wildman–Crippen LogP) is 2.28. The number of nitrogens with zero attached hydrogens (tertiary/aromatic N) is 2. The summed E-state index contributed by atoms with van der Waals surface area (Å²) in [6.07, 6.45) is 4.36. The third kappa shape index (κ3) is 1.89. The van der Waals surface area contributed by atoms with Crippen molar-refractivity contribution >= 4 is 11.0 Å². The van der Waals surface area contributed by atoms with E-state index in [-0.39, 0.29) is 5.56 Å². The van der Waals surface area contributed by atoms with E-state index in [0.717, 1.165) is 23.0 Å². The van der Waals surface area contributed by atoms with Gasteiger partial charge in [0, 0.05) is 24.2 Å². The molecule has 0 saturated carbocycles. The van der Waals surface area contributed by atoms with Crippen molar-refractivity contribution < 1.29 is 0 Å². The van der Waals surface area contributed by atoms with Crippen LogP contribution in [-0.4, -0.2) is 9.55 Å². The zero-order chi connectivity index (χ0) is 11.5. The molecule has 3 heteroatoms. The first-order valence-corrected chi connectivity index (χ1v) is 5.29. The van der Waals surface area contributed by atoms with E-state index >= 15 is 0 Å². The molecule has 2 aromatic heterocycles. The van der Waals surface area contributed by atoms with E-state index in [9.17, 15) is 4.79 Å². The van der Waals surface area contributed by atoms with Crippen LogP contribution in [0.5, 0.6) is 0 Å². The highest BCUT2D eigenvalue weighted by molar-refractivity contribution is 5.75. The summed E-state index contributed by atoms with van der Waals surface area (Å²) >= 11 is 0. The van der Waals surface area contributed by atoms with E-state index in [2.05, 4.69) is 11.6 Å². The van der Waals surface area contributed by atoms with Crippen LogP contribution in [0.25, 0.3) is 11.0 Å². The van der Waals surface area contributed by atoms with Crippen molar-refractivity contribution in [2.75, 3.05) is 0 Å². The Morgan fingerprint density at radius 1 is 1.50 bits per heavy atom. The molecule has 0 spiro atoms. The molecule has 3 nitrogen and oxygen atoms in total. The second-order valence-electron chi connectivity index (χ2n) is 3.83. The van der Waals surface area contributed by atoms with E-state index in [1.807, 2.05) is 19.1 Å². The smallest absolute Gasteiger partial charge is 0.252 e. The summed E-state index contributed by atoms with van der Waals surface area (Å²) in [5, 5.41) is 1.00. The predicted molar refractivity (Wildman–Crippen MR) is 65.6 cm³/mol. The molecule has 0 radical (unpaired) electrons. The van der Waals surface area contributed by atoms with Gasteiger partial charge in [-0.3, -0.25) is 9.36 Å². The van der Waals surface area contributed by atoms with Gasteiger partial charge >= 0.3 is 0 Å². The molecule has 0 fully saturated rings. The molecule has 0 unspecified atom stereocenters. The second-order valence-corrected chi connectivity index (χ2v) is 3.83. The minimum atomic E-state index is -0.00861. The van der Waals surface area contributed by atoms with Crippen molar-refractivity contribution in [2.45, 2.75) is 19.9 Å². The molecule has 0 aliphatic rings. The Balaban J connectivity index is 2.64. The first kappa shape index (κ1) is 10.6. The number of hydrogen-bond donors (Lipinski definition) is 0. The normalized spacial score (nSPS) is 10.6. The van der Waals surface area contributed by atoms with Crippen molar-refractivity contribution in [3.63, 3.8) is 0 Å². The number of allylic oxidation sites excluding steroid dienone is 1. The highest BCUT2D eigenvalue weighted by atomic mass is 16.1. The molecule has 0 aliphatic heterocycles. The molecular formula is C13H14N2O. The molecule has 0 N–H and O–H groups in total. The summed E-state index contributed by atoms with van der Waals surface area (Å²) in [5.41, 5.74) is 1.84. The SMILES string of the molecule is C=CCCn1c(=O)ccc2cc(C)cnc21. The third-order valence-electron chi connectivity index (χ3n) is 2.52. The van der Waals surface area contributed by atoms with Crippen LogP contribution < -0.4 is 5.56 Å². The molecule has 2 rings (SSSR count). The van der Waals surface area contributed by atoms with Gasteiger partial charge < -0.3 is 0 Å². The molecule has 0 bridgehead atoms. The highest BCUT2D eigenvalue weighted by Gasteiger charge is 2.03. The van der Waals surface area contributed by atoms with Crippen LogP contribution in [0.4, 0.5) is 0 Å². The van der Waals surface area contributed by atoms with Gasteiger partial charge in [0.05, 0.1) is 0 Å². The van der Waals surface area contributed by atoms with Crippen LogP contribution in [-0.2, 0) is 6.54 Å². The Labute approximate surface area is 94.1 Å².